The summed E-state index contributed by atoms with van der Waals surface area (Å²) in [6.45, 7) is 3.13. The summed E-state index contributed by atoms with van der Waals surface area (Å²) in [6, 6.07) is 25.3. The Morgan fingerprint density at radius 3 is 1.96 bits per heavy atom. The van der Waals surface area contributed by atoms with Gasteiger partial charge in [0, 0.05) is 6.61 Å². The molecule has 1 N–H and O–H groups in total. The van der Waals surface area contributed by atoms with Gasteiger partial charge in [0.2, 0.25) is 0 Å². The molecule has 0 saturated carbocycles. The molecule has 0 aliphatic rings. The lowest BCUT2D eigenvalue weighted by molar-refractivity contribution is 0.299. The minimum atomic E-state index is 0.187. The van der Waals surface area contributed by atoms with Gasteiger partial charge in [0.25, 0.3) is 0 Å². The van der Waals surface area contributed by atoms with Gasteiger partial charge >= 0.3 is 0 Å². The van der Waals surface area contributed by atoms with Crippen LogP contribution >= 0.6 is 0 Å². The predicted molar refractivity (Wildman–Crippen MR) is 109 cm³/mol. The topological polar surface area (TPSA) is 29.5 Å². The molecule has 0 aliphatic heterocycles. The quantitative estimate of drug-likeness (QED) is 0.527. The summed E-state index contributed by atoms with van der Waals surface area (Å²) in [4.78, 5) is 0. The lowest BCUT2D eigenvalue weighted by atomic mass is 9.98. The SMILES string of the molecule is CCCCOc1ccc(-c2cccc(-c3ccc(CCO)cc3)c2)cc1. The van der Waals surface area contributed by atoms with Crippen molar-refractivity contribution < 1.29 is 9.84 Å². The van der Waals surface area contributed by atoms with Crippen LogP contribution in [0.15, 0.2) is 72.8 Å². The van der Waals surface area contributed by atoms with Crippen LogP contribution < -0.4 is 4.74 Å². The fourth-order valence-electron chi connectivity index (χ4n) is 2.95. The largest absolute Gasteiger partial charge is 0.494 e. The summed E-state index contributed by atoms with van der Waals surface area (Å²) in [7, 11) is 0. The maximum absolute atomic E-state index is 9.04. The number of rotatable bonds is 8. The van der Waals surface area contributed by atoms with Gasteiger partial charge in [0.05, 0.1) is 6.61 Å². The van der Waals surface area contributed by atoms with Crippen LogP contribution in [0.5, 0.6) is 5.75 Å². The van der Waals surface area contributed by atoms with E-state index in [-0.39, 0.29) is 6.61 Å². The monoisotopic (exact) mass is 346 g/mol. The van der Waals surface area contributed by atoms with Crippen molar-refractivity contribution in [3.63, 3.8) is 0 Å². The lowest BCUT2D eigenvalue weighted by Gasteiger charge is -2.09. The minimum absolute atomic E-state index is 0.187. The maximum Gasteiger partial charge on any atom is 0.119 e. The van der Waals surface area contributed by atoms with Gasteiger partial charge in [-0.15, -0.1) is 0 Å². The smallest absolute Gasteiger partial charge is 0.119 e. The maximum atomic E-state index is 9.04. The van der Waals surface area contributed by atoms with Crippen LogP contribution in [-0.2, 0) is 6.42 Å². The third-order valence-electron chi connectivity index (χ3n) is 4.50. The minimum Gasteiger partial charge on any atom is -0.494 e. The van der Waals surface area contributed by atoms with Crippen molar-refractivity contribution in [2.75, 3.05) is 13.2 Å². The highest BCUT2D eigenvalue weighted by Gasteiger charge is 2.03. The van der Waals surface area contributed by atoms with E-state index in [1.165, 1.54) is 22.3 Å². The first kappa shape index (κ1) is 18.2. The van der Waals surface area contributed by atoms with Gasteiger partial charge in [0.1, 0.15) is 5.75 Å². The summed E-state index contributed by atoms with van der Waals surface area (Å²) >= 11 is 0. The molecule has 0 fully saturated rings. The number of benzene rings is 3. The molecule has 0 aliphatic carbocycles. The Bertz CT molecular complexity index is 804. The second kappa shape index (κ2) is 9.21. The molecule has 0 spiro atoms. The molecular formula is C24H26O2. The fourth-order valence-corrected chi connectivity index (χ4v) is 2.95. The Morgan fingerprint density at radius 2 is 1.38 bits per heavy atom. The second-order valence-corrected chi connectivity index (χ2v) is 6.48. The van der Waals surface area contributed by atoms with Crippen molar-refractivity contribution in [3.8, 4) is 28.0 Å². The van der Waals surface area contributed by atoms with Crippen molar-refractivity contribution in [2.24, 2.45) is 0 Å². The van der Waals surface area contributed by atoms with Crippen molar-refractivity contribution >= 4 is 0 Å². The van der Waals surface area contributed by atoms with E-state index in [4.69, 9.17) is 9.84 Å². The first-order chi connectivity index (χ1) is 12.8. The van der Waals surface area contributed by atoms with Crippen molar-refractivity contribution in [2.45, 2.75) is 26.2 Å². The van der Waals surface area contributed by atoms with E-state index in [0.717, 1.165) is 30.8 Å². The zero-order chi connectivity index (χ0) is 18.2. The molecular weight excluding hydrogens is 320 g/mol. The summed E-state index contributed by atoms with van der Waals surface area (Å²) in [5, 5.41) is 9.04. The van der Waals surface area contributed by atoms with Crippen molar-refractivity contribution in [1.29, 1.82) is 0 Å². The molecule has 0 amide bonds. The van der Waals surface area contributed by atoms with E-state index in [1.54, 1.807) is 0 Å². The molecule has 3 aromatic rings. The molecule has 26 heavy (non-hydrogen) atoms. The molecule has 0 bridgehead atoms. The van der Waals surface area contributed by atoms with Gasteiger partial charge in [-0.25, -0.2) is 0 Å². The van der Waals surface area contributed by atoms with Gasteiger partial charge in [0.15, 0.2) is 0 Å². The number of hydrogen-bond acceptors (Lipinski definition) is 2. The van der Waals surface area contributed by atoms with Crippen LogP contribution in [0.25, 0.3) is 22.3 Å². The highest BCUT2D eigenvalue weighted by atomic mass is 16.5. The van der Waals surface area contributed by atoms with Crippen LogP contribution in [0, 0.1) is 0 Å². The van der Waals surface area contributed by atoms with E-state index in [9.17, 15) is 0 Å². The molecule has 3 rings (SSSR count). The van der Waals surface area contributed by atoms with E-state index < -0.39 is 0 Å². The number of unbranched alkanes of at least 4 members (excludes halogenated alkanes) is 1. The molecule has 2 heteroatoms. The van der Waals surface area contributed by atoms with E-state index in [0.29, 0.717) is 6.42 Å². The number of ether oxygens (including phenoxy) is 1. The van der Waals surface area contributed by atoms with Crippen LogP contribution in [0.4, 0.5) is 0 Å². The lowest BCUT2D eigenvalue weighted by Crippen LogP contribution is -1.95. The van der Waals surface area contributed by atoms with Crippen molar-refractivity contribution in [1.82, 2.24) is 0 Å². The van der Waals surface area contributed by atoms with Gasteiger partial charge in [-0.3, -0.25) is 0 Å². The number of aliphatic hydroxyl groups excluding tert-OH is 1. The zero-order valence-electron chi connectivity index (χ0n) is 15.3. The van der Waals surface area contributed by atoms with E-state index >= 15 is 0 Å². The molecule has 0 aromatic heterocycles. The average Bonchev–Trinajstić information content (AvgIpc) is 2.70. The summed E-state index contributed by atoms with van der Waals surface area (Å²) in [5.41, 5.74) is 5.93. The highest BCUT2D eigenvalue weighted by molar-refractivity contribution is 5.73. The predicted octanol–water partition coefficient (Wildman–Crippen LogP) is 5.73. The molecule has 0 atom stereocenters. The van der Waals surface area contributed by atoms with Gasteiger partial charge in [-0.2, -0.15) is 0 Å². The first-order valence-electron chi connectivity index (χ1n) is 9.33. The van der Waals surface area contributed by atoms with E-state index in [2.05, 4.69) is 67.6 Å². The molecule has 134 valence electrons. The molecule has 0 radical (unpaired) electrons. The Kier molecular flexibility index (Phi) is 6.45. The molecule has 3 aromatic carbocycles. The Morgan fingerprint density at radius 1 is 0.769 bits per heavy atom. The van der Waals surface area contributed by atoms with Gasteiger partial charge in [-0.05, 0) is 58.9 Å². The zero-order valence-corrected chi connectivity index (χ0v) is 15.3. The van der Waals surface area contributed by atoms with Crippen LogP contribution in [0.3, 0.4) is 0 Å². The first-order valence-corrected chi connectivity index (χ1v) is 9.33. The van der Waals surface area contributed by atoms with Crippen LogP contribution in [-0.4, -0.2) is 18.3 Å². The Hall–Kier alpha value is -2.58. The molecule has 2 nitrogen and oxygen atoms in total. The highest BCUT2D eigenvalue weighted by Crippen LogP contribution is 2.28. The van der Waals surface area contributed by atoms with Gasteiger partial charge < -0.3 is 9.84 Å². The molecule has 0 heterocycles. The fraction of sp³-hybridized carbons (Fsp3) is 0.250. The average molecular weight is 346 g/mol. The summed E-state index contributed by atoms with van der Waals surface area (Å²) < 4.78 is 5.74. The van der Waals surface area contributed by atoms with Gasteiger partial charge in [-0.1, -0.05) is 67.9 Å². The summed E-state index contributed by atoms with van der Waals surface area (Å²) in [5.74, 6) is 0.929. The Labute approximate surface area is 156 Å². The van der Waals surface area contributed by atoms with Crippen molar-refractivity contribution in [3.05, 3.63) is 78.4 Å². The molecule has 0 saturated heterocycles. The van der Waals surface area contributed by atoms with E-state index in [1.807, 2.05) is 12.1 Å². The molecule has 0 unspecified atom stereocenters. The third kappa shape index (κ3) is 4.74. The second-order valence-electron chi connectivity index (χ2n) is 6.48. The number of aliphatic hydroxyl groups is 1. The Balaban J connectivity index is 1.76. The standard InChI is InChI=1S/C24H26O2/c1-2-3-17-26-24-13-11-21(12-14-24)23-6-4-5-22(18-23)20-9-7-19(8-10-20)15-16-25/h4-14,18,25H,2-3,15-17H2,1H3. The normalized spacial score (nSPS) is 10.7. The number of hydrogen-bond donors (Lipinski definition) is 1. The van der Waals surface area contributed by atoms with Crippen LogP contribution in [0.1, 0.15) is 25.3 Å². The summed E-state index contributed by atoms with van der Waals surface area (Å²) in [6.07, 6.45) is 2.93. The third-order valence-corrected chi connectivity index (χ3v) is 4.50. The van der Waals surface area contributed by atoms with Crippen LogP contribution in [0.2, 0.25) is 0 Å².